The Morgan fingerprint density at radius 3 is 2.69 bits per heavy atom. The van der Waals surface area contributed by atoms with Crippen LogP contribution in [0.4, 0.5) is 10.1 Å². The topological polar surface area (TPSA) is 77.1 Å². The summed E-state index contributed by atoms with van der Waals surface area (Å²) >= 11 is 0. The minimum atomic E-state index is -0.566. The molecular formula is C22H18FN3O3. The van der Waals surface area contributed by atoms with E-state index < -0.39 is 11.7 Å². The summed E-state index contributed by atoms with van der Waals surface area (Å²) in [5.41, 5.74) is 2.96. The fraction of sp³-hybridized carbons (Fsp3) is 0.136. The highest BCUT2D eigenvalue weighted by molar-refractivity contribution is 5.97. The van der Waals surface area contributed by atoms with Gasteiger partial charge in [0.2, 0.25) is 5.91 Å². The third-order valence-electron chi connectivity index (χ3n) is 4.79. The Balaban J connectivity index is 1.63. The summed E-state index contributed by atoms with van der Waals surface area (Å²) in [4.78, 5) is 29.0. The number of hydrogen-bond acceptors (Lipinski definition) is 4. The number of hydrogen-bond donors (Lipinski definition) is 1. The number of amides is 1. The van der Waals surface area contributed by atoms with Gasteiger partial charge in [-0.3, -0.25) is 14.3 Å². The molecule has 4 rings (SSSR count). The number of halogens is 1. The lowest BCUT2D eigenvalue weighted by atomic mass is 9.93. The molecule has 29 heavy (non-hydrogen) atoms. The quantitative estimate of drug-likeness (QED) is 0.564. The fourth-order valence-corrected chi connectivity index (χ4v) is 3.23. The van der Waals surface area contributed by atoms with Crippen LogP contribution in [-0.2, 0) is 18.3 Å². The third kappa shape index (κ3) is 3.94. The number of nitrogens with one attached hydrogen (secondary N) is 1. The van der Waals surface area contributed by atoms with Crippen molar-refractivity contribution in [3.63, 3.8) is 0 Å². The minimum absolute atomic E-state index is 0.264. The normalized spacial score (nSPS) is 12.1. The van der Waals surface area contributed by atoms with E-state index in [1.54, 1.807) is 49.6 Å². The molecule has 2 heterocycles. The lowest BCUT2D eigenvalue weighted by Gasteiger charge is -2.17. The van der Waals surface area contributed by atoms with Gasteiger partial charge in [0.1, 0.15) is 5.82 Å². The molecule has 0 spiro atoms. The van der Waals surface area contributed by atoms with Crippen LogP contribution in [-0.4, -0.2) is 15.5 Å². The lowest BCUT2D eigenvalue weighted by Crippen LogP contribution is -2.23. The summed E-state index contributed by atoms with van der Waals surface area (Å²) in [5, 5.41) is 2.86. The number of oxazole rings is 1. The van der Waals surface area contributed by atoms with Gasteiger partial charge >= 0.3 is 5.76 Å². The predicted octanol–water partition coefficient (Wildman–Crippen LogP) is 3.63. The van der Waals surface area contributed by atoms with E-state index in [0.29, 0.717) is 28.8 Å². The SMILES string of the molecule is Cn1c(=O)oc2cc(NC(=O)C(Cc3ccccn3)c3ccc(F)cc3)ccc21. The Hall–Kier alpha value is -3.74. The van der Waals surface area contributed by atoms with Crippen LogP contribution in [0.25, 0.3) is 11.1 Å². The largest absolute Gasteiger partial charge is 0.419 e. The van der Waals surface area contributed by atoms with Gasteiger partial charge in [-0.1, -0.05) is 18.2 Å². The van der Waals surface area contributed by atoms with E-state index in [1.807, 2.05) is 12.1 Å². The zero-order valence-corrected chi connectivity index (χ0v) is 15.6. The van der Waals surface area contributed by atoms with Crippen LogP contribution in [0.5, 0.6) is 0 Å². The highest BCUT2D eigenvalue weighted by Gasteiger charge is 2.22. The maximum absolute atomic E-state index is 13.4. The number of benzene rings is 2. The van der Waals surface area contributed by atoms with Crippen molar-refractivity contribution in [1.82, 2.24) is 9.55 Å². The van der Waals surface area contributed by atoms with Gasteiger partial charge in [0.05, 0.1) is 11.4 Å². The van der Waals surface area contributed by atoms with Crippen LogP contribution in [0.2, 0.25) is 0 Å². The van der Waals surface area contributed by atoms with E-state index in [1.165, 1.54) is 16.7 Å². The zero-order chi connectivity index (χ0) is 20.4. The molecule has 0 saturated heterocycles. The summed E-state index contributed by atoms with van der Waals surface area (Å²) in [6.45, 7) is 0. The Bertz CT molecular complexity index is 1210. The molecule has 0 aliphatic heterocycles. The number of anilines is 1. The molecule has 1 atom stereocenters. The number of rotatable bonds is 5. The number of carbonyl (C=O) groups is 1. The van der Waals surface area contributed by atoms with E-state index in [0.717, 1.165) is 5.69 Å². The minimum Gasteiger partial charge on any atom is -0.408 e. The van der Waals surface area contributed by atoms with E-state index in [4.69, 9.17) is 4.42 Å². The molecule has 0 aliphatic carbocycles. The summed E-state index contributed by atoms with van der Waals surface area (Å²) in [7, 11) is 1.61. The highest BCUT2D eigenvalue weighted by atomic mass is 19.1. The van der Waals surface area contributed by atoms with Crippen LogP contribution < -0.4 is 11.1 Å². The van der Waals surface area contributed by atoms with E-state index in [-0.39, 0.29) is 11.7 Å². The molecule has 0 fully saturated rings. The van der Waals surface area contributed by atoms with Crippen LogP contribution in [0.15, 0.2) is 76.1 Å². The average molecular weight is 391 g/mol. The first-order chi connectivity index (χ1) is 14.0. The van der Waals surface area contributed by atoms with Crippen LogP contribution in [0.1, 0.15) is 17.2 Å². The Morgan fingerprint density at radius 2 is 1.97 bits per heavy atom. The maximum atomic E-state index is 13.4. The first kappa shape index (κ1) is 18.6. The van der Waals surface area contributed by atoms with E-state index in [9.17, 15) is 14.0 Å². The number of aryl methyl sites for hydroxylation is 1. The second kappa shape index (κ2) is 7.71. The van der Waals surface area contributed by atoms with Gasteiger partial charge in [0.15, 0.2) is 5.58 Å². The first-order valence-electron chi connectivity index (χ1n) is 9.07. The molecule has 0 aliphatic rings. The van der Waals surface area contributed by atoms with Gasteiger partial charge in [0.25, 0.3) is 0 Å². The summed E-state index contributed by atoms with van der Waals surface area (Å²) < 4.78 is 19.9. The van der Waals surface area contributed by atoms with Crippen molar-refractivity contribution in [3.8, 4) is 0 Å². The number of pyridine rings is 1. The van der Waals surface area contributed by atoms with Gasteiger partial charge in [-0.25, -0.2) is 9.18 Å². The lowest BCUT2D eigenvalue weighted by molar-refractivity contribution is -0.117. The van der Waals surface area contributed by atoms with Crippen molar-refractivity contribution in [1.29, 1.82) is 0 Å². The van der Waals surface area contributed by atoms with E-state index in [2.05, 4.69) is 10.3 Å². The predicted molar refractivity (Wildman–Crippen MR) is 107 cm³/mol. The standard InChI is InChI=1S/C22H18FN3O3/c1-26-19-10-9-17(13-20(19)29-22(26)28)25-21(27)18(12-16-4-2-3-11-24-16)14-5-7-15(23)8-6-14/h2-11,13,18H,12H2,1H3,(H,25,27). The van der Waals surface area contributed by atoms with Crippen molar-refractivity contribution >= 4 is 22.7 Å². The molecule has 2 aromatic carbocycles. The van der Waals surface area contributed by atoms with Crippen molar-refractivity contribution in [2.24, 2.45) is 7.05 Å². The molecule has 1 amide bonds. The number of nitrogens with zero attached hydrogens (tertiary/aromatic N) is 2. The van der Waals surface area contributed by atoms with Gasteiger partial charge in [-0.15, -0.1) is 0 Å². The number of carbonyl (C=O) groups excluding carboxylic acids is 1. The molecule has 0 radical (unpaired) electrons. The molecular weight excluding hydrogens is 373 g/mol. The fourth-order valence-electron chi connectivity index (χ4n) is 3.23. The molecule has 1 unspecified atom stereocenters. The first-order valence-corrected chi connectivity index (χ1v) is 9.07. The van der Waals surface area contributed by atoms with Gasteiger partial charge < -0.3 is 9.73 Å². The Kier molecular flexibility index (Phi) is 4.95. The van der Waals surface area contributed by atoms with Crippen LogP contribution >= 0.6 is 0 Å². The van der Waals surface area contributed by atoms with Crippen LogP contribution in [0, 0.1) is 5.82 Å². The molecule has 1 N–H and O–H groups in total. The number of aromatic nitrogens is 2. The van der Waals surface area contributed by atoms with Gasteiger partial charge in [-0.05, 0) is 42.0 Å². The van der Waals surface area contributed by atoms with E-state index >= 15 is 0 Å². The molecule has 2 aromatic heterocycles. The van der Waals surface area contributed by atoms with Gasteiger partial charge in [0, 0.05) is 37.1 Å². The second-order valence-electron chi connectivity index (χ2n) is 6.73. The summed E-state index contributed by atoms with van der Waals surface area (Å²) in [6.07, 6.45) is 2.03. The average Bonchev–Trinajstić information content (AvgIpc) is 3.01. The van der Waals surface area contributed by atoms with Crippen molar-refractivity contribution in [2.45, 2.75) is 12.3 Å². The zero-order valence-electron chi connectivity index (χ0n) is 15.6. The maximum Gasteiger partial charge on any atom is 0.419 e. The summed E-state index contributed by atoms with van der Waals surface area (Å²) in [5.74, 6) is -1.66. The molecule has 7 heteroatoms. The third-order valence-corrected chi connectivity index (χ3v) is 4.79. The molecule has 6 nitrogen and oxygen atoms in total. The molecule has 0 saturated carbocycles. The highest BCUT2D eigenvalue weighted by Crippen LogP contribution is 2.24. The Morgan fingerprint density at radius 1 is 1.17 bits per heavy atom. The molecule has 4 aromatic rings. The van der Waals surface area contributed by atoms with Gasteiger partial charge in [-0.2, -0.15) is 0 Å². The molecule has 146 valence electrons. The van der Waals surface area contributed by atoms with Crippen molar-refractivity contribution in [3.05, 3.63) is 94.5 Å². The second-order valence-corrected chi connectivity index (χ2v) is 6.73. The summed E-state index contributed by atoms with van der Waals surface area (Å²) in [6, 6.07) is 16.4. The number of fused-ring (bicyclic) bond motifs is 1. The molecule has 0 bridgehead atoms. The van der Waals surface area contributed by atoms with Crippen molar-refractivity contribution < 1.29 is 13.6 Å². The monoisotopic (exact) mass is 391 g/mol. The Labute approximate surface area is 165 Å². The van der Waals surface area contributed by atoms with Crippen molar-refractivity contribution in [2.75, 3.05) is 5.32 Å². The van der Waals surface area contributed by atoms with Crippen LogP contribution in [0.3, 0.4) is 0 Å². The smallest absolute Gasteiger partial charge is 0.408 e.